The van der Waals surface area contributed by atoms with Gasteiger partial charge in [-0.05, 0) is 11.6 Å². The van der Waals surface area contributed by atoms with E-state index in [2.05, 4.69) is 4.74 Å². The number of carbonyl (C=O) groups excluding carboxylic acids is 2. The van der Waals surface area contributed by atoms with E-state index in [9.17, 15) is 9.59 Å². The van der Waals surface area contributed by atoms with Crippen LogP contribution in [0.5, 0.6) is 0 Å². The van der Waals surface area contributed by atoms with Crippen molar-refractivity contribution in [2.75, 3.05) is 20.7 Å². The van der Waals surface area contributed by atoms with Gasteiger partial charge in [-0.2, -0.15) is 0 Å². The van der Waals surface area contributed by atoms with Crippen molar-refractivity contribution < 1.29 is 14.3 Å². The van der Waals surface area contributed by atoms with Crippen molar-refractivity contribution in [1.82, 2.24) is 4.90 Å². The smallest absolute Gasteiger partial charge is 0.316 e. The summed E-state index contributed by atoms with van der Waals surface area (Å²) in [5, 5.41) is -0.578. The summed E-state index contributed by atoms with van der Waals surface area (Å²) in [5.41, 5.74) is 0. The zero-order valence-electron chi connectivity index (χ0n) is 7.33. The second-order valence-electron chi connectivity index (χ2n) is 2.56. The Kier molecular flexibility index (Phi) is 4.66. The molecule has 0 aromatic rings. The highest BCUT2D eigenvalue weighted by atomic mass is 35.5. The first-order valence-corrected chi connectivity index (χ1v) is 3.85. The van der Waals surface area contributed by atoms with Crippen LogP contribution in [-0.2, 0) is 9.53 Å². The maximum absolute atomic E-state index is 10.9. The molecule has 0 N–H and O–H groups in total. The number of hydrogen-bond acceptors (Lipinski definition) is 3. The summed E-state index contributed by atoms with van der Waals surface area (Å²) in [7, 11) is 2.83. The van der Waals surface area contributed by atoms with Crippen molar-refractivity contribution >= 4 is 22.9 Å². The van der Waals surface area contributed by atoms with Crippen LogP contribution >= 0.6 is 11.6 Å². The highest BCUT2D eigenvalue weighted by molar-refractivity contribution is 6.62. The molecule has 0 bridgehead atoms. The summed E-state index contributed by atoms with van der Waals surface area (Å²) >= 11 is 5.16. The van der Waals surface area contributed by atoms with Gasteiger partial charge in [-0.25, -0.2) is 0 Å². The molecule has 1 unspecified atom stereocenters. The van der Waals surface area contributed by atoms with Gasteiger partial charge < -0.3 is 9.64 Å². The third-order valence-corrected chi connectivity index (χ3v) is 1.74. The van der Waals surface area contributed by atoms with Gasteiger partial charge in [-0.15, -0.1) is 0 Å². The van der Waals surface area contributed by atoms with Crippen LogP contribution < -0.4 is 0 Å². The molecule has 0 spiro atoms. The molecule has 0 rings (SSSR count). The molecule has 1 atom stereocenters. The standard InChI is InChI=1S/C7H12ClNO3/c1-5(6(10)12-3)4-9(2)7(8)11/h5H,4H2,1-3H3. The van der Waals surface area contributed by atoms with Crippen molar-refractivity contribution in [2.24, 2.45) is 5.92 Å². The van der Waals surface area contributed by atoms with Gasteiger partial charge in [0.2, 0.25) is 0 Å². The third-order valence-electron chi connectivity index (χ3n) is 1.45. The second-order valence-corrected chi connectivity index (χ2v) is 2.88. The average molecular weight is 194 g/mol. The zero-order chi connectivity index (χ0) is 9.72. The maximum atomic E-state index is 10.9. The molecule has 0 heterocycles. The number of rotatable bonds is 3. The molecule has 1 amide bonds. The molecule has 70 valence electrons. The van der Waals surface area contributed by atoms with Crippen molar-refractivity contribution in [2.45, 2.75) is 6.92 Å². The van der Waals surface area contributed by atoms with Crippen LogP contribution in [0.1, 0.15) is 6.92 Å². The molecular formula is C7H12ClNO3. The van der Waals surface area contributed by atoms with Gasteiger partial charge in [0, 0.05) is 13.6 Å². The first-order valence-electron chi connectivity index (χ1n) is 3.47. The van der Waals surface area contributed by atoms with E-state index in [0.717, 1.165) is 0 Å². The summed E-state index contributed by atoms with van der Waals surface area (Å²) in [6, 6.07) is 0. The highest BCUT2D eigenvalue weighted by Crippen LogP contribution is 2.02. The first kappa shape index (κ1) is 11.2. The number of carbonyl (C=O) groups is 2. The molecule has 0 radical (unpaired) electrons. The average Bonchev–Trinajstić information content (AvgIpc) is 2.02. The fourth-order valence-corrected chi connectivity index (χ4v) is 0.827. The van der Waals surface area contributed by atoms with Gasteiger partial charge in [0.1, 0.15) is 0 Å². The minimum Gasteiger partial charge on any atom is -0.469 e. The molecule has 12 heavy (non-hydrogen) atoms. The predicted octanol–water partition coefficient (Wildman–Crippen LogP) is 1.09. The quantitative estimate of drug-likeness (QED) is 0.383. The fraction of sp³-hybridized carbons (Fsp3) is 0.714. The summed E-state index contributed by atoms with van der Waals surface area (Å²) < 4.78 is 4.47. The molecule has 0 fully saturated rings. The molecule has 0 aliphatic rings. The number of esters is 1. The van der Waals surface area contributed by atoms with E-state index < -0.39 is 5.37 Å². The number of ether oxygens (including phenoxy) is 1. The van der Waals surface area contributed by atoms with E-state index in [1.807, 2.05) is 0 Å². The van der Waals surface area contributed by atoms with Crippen LogP contribution in [0.2, 0.25) is 0 Å². The Hall–Kier alpha value is -0.770. The second kappa shape index (κ2) is 4.98. The summed E-state index contributed by atoms with van der Waals surface area (Å²) in [6.07, 6.45) is 0. The lowest BCUT2D eigenvalue weighted by Gasteiger charge is -2.16. The monoisotopic (exact) mass is 193 g/mol. The largest absolute Gasteiger partial charge is 0.469 e. The Labute approximate surface area is 76.4 Å². The maximum Gasteiger partial charge on any atom is 0.316 e. The Morgan fingerprint density at radius 3 is 2.42 bits per heavy atom. The Morgan fingerprint density at radius 1 is 1.58 bits per heavy atom. The fourth-order valence-electron chi connectivity index (χ4n) is 0.758. The molecule has 0 aromatic heterocycles. The lowest BCUT2D eigenvalue weighted by molar-refractivity contribution is -0.145. The topological polar surface area (TPSA) is 46.6 Å². The highest BCUT2D eigenvalue weighted by Gasteiger charge is 2.17. The van der Waals surface area contributed by atoms with Crippen LogP contribution in [0, 0.1) is 5.92 Å². The van der Waals surface area contributed by atoms with Crippen molar-refractivity contribution in [3.63, 3.8) is 0 Å². The van der Waals surface area contributed by atoms with Crippen LogP contribution in [0.3, 0.4) is 0 Å². The van der Waals surface area contributed by atoms with Gasteiger partial charge in [0.25, 0.3) is 0 Å². The van der Waals surface area contributed by atoms with E-state index in [4.69, 9.17) is 11.6 Å². The van der Waals surface area contributed by atoms with Gasteiger partial charge in [-0.3, -0.25) is 9.59 Å². The van der Waals surface area contributed by atoms with Gasteiger partial charge in [0.05, 0.1) is 13.0 Å². The summed E-state index contributed by atoms with van der Waals surface area (Å²) in [4.78, 5) is 22.6. The van der Waals surface area contributed by atoms with Crippen molar-refractivity contribution in [1.29, 1.82) is 0 Å². The van der Waals surface area contributed by atoms with Gasteiger partial charge >= 0.3 is 11.3 Å². The van der Waals surface area contributed by atoms with E-state index in [1.165, 1.54) is 19.1 Å². The Morgan fingerprint density at radius 2 is 2.08 bits per heavy atom. The van der Waals surface area contributed by atoms with Crippen LogP contribution in [-0.4, -0.2) is 36.9 Å². The summed E-state index contributed by atoms with van der Waals surface area (Å²) in [5.74, 6) is -0.692. The number of halogens is 1. The molecule has 0 aromatic carbocycles. The Bertz CT molecular complexity index is 183. The molecule has 5 heteroatoms. The Balaban J connectivity index is 3.91. The molecule has 4 nitrogen and oxygen atoms in total. The minimum atomic E-state index is -0.578. The van der Waals surface area contributed by atoms with E-state index in [0.29, 0.717) is 0 Å². The van der Waals surface area contributed by atoms with Crippen LogP contribution in [0.4, 0.5) is 4.79 Å². The van der Waals surface area contributed by atoms with Crippen molar-refractivity contribution in [3.8, 4) is 0 Å². The number of amides is 1. The van der Waals surface area contributed by atoms with Gasteiger partial charge in [0.15, 0.2) is 0 Å². The van der Waals surface area contributed by atoms with Crippen LogP contribution in [0.15, 0.2) is 0 Å². The van der Waals surface area contributed by atoms with Gasteiger partial charge in [-0.1, -0.05) is 6.92 Å². The number of nitrogens with zero attached hydrogens (tertiary/aromatic N) is 1. The van der Waals surface area contributed by atoms with E-state index in [-0.39, 0.29) is 18.4 Å². The first-order chi connectivity index (χ1) is 5.49. The molecule has 0 aliphatic carbocycles. The van der Waals surface area contributed by atoms with Crippen LogP contribution in [0.25, 0.3) is 0 Å². The normalized spacial score (nSPS) is 12.0. The molecule has 0 saturated carbocycles. The molecular weight excluding hydrogens is 182 g/mol. The van der Waals surface area contributed by atoms with Crippen molar-refractivity contribution in [3.05, 3.63) is 0 Å². The third kappa shape index (κ3) is 3.57. The molecule has 0 aliphatic heterocycles. The lowest BCUT2D eigenvalue weighted by Crippen LogP contribution is -2.30. The predicted molar refractivity (Wildman–Crippen MR) is 45.1 cm³/mol. The number of methoxy groups -OCH3 is 1. The van der Waals surface area contributed by atoms with E-state index in [1.54, 1.807) is 6.92 Å². The summed E-state index contributed by atoms with van der Waals surface area (Å²) in [6.45, 7) is 1.94. The number of hydrogen-bond donors (Lipinski definition) is 0. The van der Waals surface area contributed by atoms with E-state index >= 15 is 0 Å². The lowest BCUT2D eigenvalue weighted by atomic mass is 10.2. The SMILES string of the molecule is COC(=O)C(C)CN(C)C(=O)Cl. The minimum absolute atomic E-state index is 0.273. The zero-order valence-corrected chi connectivity index (χ0v) is 8.09. The molecule has 0 saturated heterocycles.